The Hall–Kier alpha value is -2.92. The van der Waals surface area contributed by atoms with Crippen LogP contribution in [-0.2, 0) is 7.05 Å². The molecular weight excluding hydrogens is 330 g/mol. The van der Waals surface area contributed by atoms with Gasteiger partial charge in [-0.15, -0.1) is 5.10 Å². The van der Waals surface area contributed by atoms with Crippen LogP contribution < -0.4 is 9.54 Å². The lowest BCUT2D eigenvalue weighted by Gasteiger charge is -2.07. The minimum absolute atomic E-state index is 0.790. The Balaban J connectivity index is 1.81. The number of rotatable bonds is 3. The van der Waals surface area contributed by atoms with E-state index in [1.54, 1.807) is 24.7 Å². The molecule has 0 aliphatic rings. The number of aromatic nitrogens is 1. The second-order valence-corrected chi connectivity index (χ2v) is 6.67. The number of methoxy groups -OCH3 is 1. The van der Waals surface area contributed by atoms with Gasteiger partial charge in [-0.05, 0) is 29.0 Å². The molecule has 0 bridgehead atoms. The molecule has 0 aliphatic heterocycles. The highest BCUT2D eigenvalue weighted by molar-refractivity contribution is 7.16. The Morgan fingerprint density at radius 1 is 1.00 bits per heavy atom. The maximum absolute atomic E-state index is 5.49. The predicted molar refractivity (Wildman–Crippen MR) is 104 cm³/mol. The summed E-state index contributed by atoms with van der Waals surface area (Å²) in [5.41, 5.74) is 2.09. The topological polar surface area (TPSA) is 38.9 Å². The molecule has 0 aliphatic carbocycles. The first-order valence-corrected chi connectivity index (χ1v) is 8.77. The summed E-state index contributed by atoms with van der Waals surface area (Å²) < 4.78 is 8.74. The zero-order valence-electron chi connectivity index (χ0n) is 14.0. The lowest BCUT2D eigenvalue weighted by Crippen LogP contribution is -2.08. The molecule has 4 aromatic rings. The summed E-state index contributed by atoms with van der Waals surface area (Å²) in [7, 11) is 3.68. The molecule has 3 aromatic carbocycles. The lowest BCUT2D eigenvalue weighted by atomic mass is 10.0. The first kappa shape index (κ1) is 15.6. The largest absolute Gasteiger partial charge is 0.496 e. The van der Waals surface area contributed by atoms with Gasteiger partial charge >= 0.3 is 0 Å². The van der Waals surface area contributed by atoms with Crippen LogP contribution in [0.2, 0.25) is 0 Å². The number of aryl methyl sites for hydroxylation is 1. The van der Waals surface area contributed by atoms with Gasteiger partial charge in [0, 0.05) is 12.6 Å². The van der Waals surface area contributed by atoms with E-state index in [9.17, 15) is 0 Å². The summed E-state index contributed by atoms with van der Waals surface area (Å²) in [5, 5.41) is 11.0. The molecule has 5 heteroatoms. The number of ether oxygens (including phenoxy) is 1. The summed E-state index contributed by atoms with van der Waals surface area (Å²) in [6, 6.07) is 20.4. The fourth-order valence-electron chi connectivity index (χ4n) is 2.90. The van der Waals surface area contributed by atoms with Crippen molar-refractivity contribution in [1.29, 1.82) is 0 Å². The molecule has 0 N–H and O–H groups in total. The summed E-state index contributed by atoms with van der Waals surface area (Å²) in [6.07, 6.45) is 1.77. The smallest absolute Gasteiger partial charge is 0.211 e. The van der Waals surface area contributed by atoms with E-state index in [0.29, 0.717) is 0 Å². The first-order chi connectivity index (χ1) is 12.3. The summed E-state index contributed by atoms with van der Waals surface area (Å²) in [4.78, 5) is 0.858. The molecule has 0 saturated heterocycles. The van der Waals surface area contributed by atoms with Crippen LogP contribution >= 0.6 is 11.3 Å². The maximum Gasteiger partial charge on any atom is 0.211 e. The van der Waals surface area contributed by atoms with E-state index in [4.69, 9.17) is 4.74 Å². The van der Waals surface area contributed by atoms with Gasteiger partial charge in [0.2, 0.25) is 4.80 Å². The molecule has 0 fully saturated rings. The fraction of sp³-hybridized carbons (Fsp3) is 0.100. The Kier molecular flexibility index (Phi) is 4.07. The van der Waals surface area contributed by atoms with Gasteiger partial charge in [-0.2, -0.15) is 5.10 Å². The number of para-hydroxylation sites is 1. The Morgan fingerprint density at radius 3 is 2.64 bits per heavy atom. The Morgan fingerprint density at radius 2 is 1.80 bits per heavy atom. The molecule has 0 atom stereocenters. The SMILES string of the molecule is COc1ccc2ccccc2c1/C=N\N=c1\sc2ccccc2n1C. The average molecular weight is 347 g/mol. The van der Waals surface area contributed by atoms with Crippen molar-refractivity contribution in [3.63, 3.8) is 0 Å². The molecule has 0 spiro atoms. The van der Waals surface area contributed by atoms with Crippen molar-refractivity contribution in [3.05, 3.63) is 71.0 Å². The number of hydrogen-bond donors (Lipinski definition) is 0. The van der Waals surface area contributed by atoms with Gasteiger partial charge in [0.1, 0.15) is 5.75 Å². The number of benzene rings is 3. The van der Waals surface area contributed by atoms with Gasteiger partial charge < -0.3 is 9.30 Å². The van der Waals surface area contributed by atoms with E-state index in [2.05, 4.69) is 45.1 Å². The van der Waals surface area contributed by atoms with Crippen molar-refractivity contribution in [2.45, 2.75) is 0 Å². The van der Waals surface area contributed by atoms with Crippen LogP contribution in [-0.4, -0.2) is 17.9 Å². The Bertz CT molecular complexity index is 1150. The van der Waals surface area contributed by atoms with Crippen LogP contribution in [0.3, 0.4) is 0 Å². The molecule has 1 heterocycles. The molecule has 0 unspecified atom stereocenters. The first-order valence-electron chi connectivity index (χ1n) is 7.95. The number of hydrogen-bond acceptors (Lipinski definition) is 4. The van der Waals surface area contributed by atoms with Gasteiger partial charge in [-0.3, -0.25) is 0 Å². The number of thiazole rings is 1. The van der Waals surface area contributed by atoms with E-state index in [0.717, 1.165) is 32.4 Å². The van der Waals surface area contributed by atoms with Gasteiger partial charge in [-0.1, -0.05) is 53.8 Å². The highest BCUT2D eigenvalue weighted by atomic mass is 32.1. The minimum Gasteiger partial charge on any atom is -0.496 e. The van der Waals surface area contributed by atoms with Gasteiger partial charge in [0.15, 0.2) is 0 Å². The molecule has 0 radical (unpaired) electrons. The number of fused-ring (bicyclic) bond motifs is 2. The van der Waals surface area contributed by atoms with Gasteiger partial charge in [0.05, 0.1) is 23.5 Å². The summed E-state index contributed by atoms with van der Waals surface area (Å²) in [6.45, 7) is 0. The highest BCUT2D eigenvalue weighted by Crippen LogP contribution is 2.26. The van der Waals surface area contributed by atoms with Gasteiger partial charge in [0.25, 0.3) is 0 Å². The van der Waals surface area contributed by atoms with Crippen LogP contribution in [0, 0.1) is 0 Å². The van der Waals surface area contributed by atoms with E-state index in [-0.39, 0.29) is 0 Å². The third-order valence-corrected chi connectivity index (χ3v) is 5.30. The van der Waals surface area contributed by atoms with Crippen molar-refractivity contribution in [2.75, 3.05) is 7.11 Å². The van der Waals surface area contributed by atoms with Crippen LogP contribution in [0.4, 0.5) is 0 Å². The van der Waals surface area contributed by atoms with Gasteiger partial charge in [-0.25, -0.2) is 0 Å². The van der Waals surface area contributed by atoms with Crippen molar-refractivity contribution < 1.29 is 4.74 Å². The highest BCUT2D eigenvalue weighted by Gasteiger charge is 2.06. The van der Waals surface area contributed by atoms with E-state index in [1.807, 2.05) is 37.4 Å². The second-order valence-electron chi connectivity index (χ2n) is 5.66. The molecule has 0 saturated carbocycles. The molecule has 1 aromatic heterocycles. The van der Waals surface area contributed by atoms with Crippen molar-refractivity contribution in [2.24, 2.45) is 17.3 Å². The number of nitrogens with zero attached hydrogens (tertiary/aromatic N) is 3. The van der Waals surface area contributed by atoms with Crippen molar-refractivity contribution >= 4 is 38.5 Å². The molecule has 124 valence electrons. The monoisotopic (exact) mass is 347 g/mol. The summed E-state index contributed by atoms with van der Waals surface area (Å²) in [5.74, 6) is 0.790. The fourth-order valence-corrected chi connectivity index (χ4v) is 3.88. The van der Waals surface area contributed by atoms with Crippen LogP contribution in [0.15, 0.2) is 70.9 Å². The maximum atomic E-state index is 5.49. The Labute approximate surface area is 149 Å². The molecule has 4 nitrogen and oxygen atoms in total. The van der Waals surface area contributed by atoms with Crippen molar-refractivity contribution in [3.8, 4) is 5.75 Å². The zero-order chi connectivity index (χ0) is 17.2. The second kappa shape index (κ2) is 6.53. The lowest BCUT2D eigenvalue weighted by molar-refractivity contribution is 0.415. The predicted octanol–water partition coefficient (Wildman–Crippen LogP) is 4.34. The zero-order valence-corrected chi connectivity index (χ0v) is 14.8. The molecule has 4 rings (SSSR count). The van der Waals surface area contributed by atoms with E-state index >= 15 is 0 Å². The van der Waals surface area contributed by atoms with Crippen LogP contribution in [0.1, 0.15) is 5.56 Å². The third-order valence-electron chi connectivity index (χ3n) is 4.20. The average Bonchev–Trinajstić information content (AvgIpc) is 2.98. The molecule has 0 amide bonds. The van der Waals surface area contributed by atoms with Crippen LogP contribution in [0.5, 0.6) is 5.75 Å². The van der Waals surface area contributed by atoms with Crippen molar-refractivity contribution in [1.82, 2.24) is 4.57 Å². The van der Waals surface area contributed by atoms with Crippen LogP contribution in [0.25, 0.3) is 21.0 Å². The van der Waals surface area contributed by atoms with E-state index in [1.165, 1.54) is 4.70 Å². The third kappa shape index (κ3) is 2.83. The van der Waals surface area contributed by atoms with E-state index < -0.39 is 0 Å². The minimum atomic E-state index is 0.790. The molecule has 25 heavy (non-hydrogen) atoms. The standard InChI is InChI=1S/C20H17N3OS/c1-23-17-9-5-6-10-19(17)25-20(23)22-21-13-16-15-8-4-3-7-14(15)11-12-18(16)24-2/h3-13H,1-2H3/b21-13-,22-20+. The quantitative estimate of drug-likeness (QED) is 0.401. The summed E-state index contributed by atoms with van der Waals surface area (Å²) >= 11 is 1.62. The molecular formula is C20H17N3OS. The normalized spacial score (nSPS) is 12.5.